The van der Waals surface area contributed by atoms with Gasteiger partial charge in [0.1, 0.15) is 0 Å². The highest BCUT2D eigenvalue weighted by Gasteiger charge is 2.13. The fraction of sp³-hybridized carbons (Fsp3) is 0.429. The molecule has 0 radical (unpaired) electrons. The van der Waals surface area contributed by atoms with Crippen LogP contribution < -0.4 is 16.4 Å². The Kier molecular flexibility index (Phi) is 5.31. The summed E-state index contributed by atoms with van der Waals surface area (Å²) in [7, 11) is 0. The smallest absolute Gasteiger partial charge is 0.238 e. The van der Waals surface area contributed by atoms with Crippen molar-refractivity contribution in [3.05, 3.63) is 24.3 Å². The zero-order chi connectivity index (χ0) is 14.4. The maximum Gasteiger partial charge on any atom is 0.238 e. The Morgan fingerprint density at radius 1 is 1.10 bits per heavy atom. The van der Waals surface area contributed by atoms with Crippen molar-refractivity contribution in [2.45, 2.75) is 19.3 Å². The summed E-state index contributed by atoms with van der Waals surface area (Å²) >= 11 is 4.76. The van der Waals surface area contributed by atoms with Gasteiger partial charge in [-0.2, -0.15) is 0 Å². The molecule has 108 valence electrons. The van der Waals surface area contributed by atoms with E-state index in [2.05, 4.69) is 15.5 Å². The Hall–Kier alpha value is -1.66. The molecular weight excluding hydrogens is 272 g/mol. The van der Waals surface area contributed by atoms with E-state index in [4.69, 9.17) is 18.0 Å². The molecule has 0 spiro atoms. The van der Waals surface area contributed by atoms with Gasteiger partial charge in [0.05, 0.1) is 6.54 Å². The van der Waals surface area contributed by atoms with Crippen LogP contribution in [0.3, 0.4) is 0 Å². The molecule has 5 nitrogen and oxygen atoms in total. The number of benzene rings is 1. The molecule has 6 heteroatoms. The third kappa shape index (κ3) is 4.79. The van der Waals surface area contributed by atoms with E-state index in [0.29, 0.717) is 6.54 Å². The molecule has 1 fully saturated rings. The van der Waals surface area contributed by atoms with Crippen molar-refractivity contribution in [3.8, 4) is 0 Å². The van der Waals surface area contributed by atoms with E-state index in [1.54, 1.807) is 0 Å². The van der Waals surface area contributed by atoms with E-state index < -0.39 is 0 Å². The Morgan fingerprint density at radius 3 is 2.20 bits per heavy atom. The molecule has 0 atom stereocenters. The first-order valence-electron chi connectivity index (χ1n) is 6.82. The van der Waals surface area contributed by atoms with Gasteiger partial charge < -0.3 is 16.4 Å². The summed E-state index contributed by atoms with van der Waals surface area (Å²) in [5.41, 5.74) is 6.98. The summed E-state index contributed by atoms with van der Waals surface area (Å²) in [4.78, 5) is 14.1. The lowest BCUT2D eigenvalue weighted by atomic mass is 10.1. The lowest BCUT2D eigenvalue weighted by molar-refractivity contribution is -0.117. The number of rotatable bonds is 4. The molecule has 0 bridgehead atoms. The van der Waals surface area contributed by atoms with Gasteiger partial charge in [-0.25, -0.2) is 0 Å². The van der Waals surface area contributed by atoms with Crippen molar-refractivity contribution in [3.63, 3.8) is 0 Å². The second kappa shape index (κ2) is 7.21. The SMILES string of the molecule is NC(=S)Nc1ccc(NC(=O)CN2CCCCC2)cc1. The van der Waals surface area contributed by atoms with Gasteiger partial charge in [-0.3, -0.25) is 9.69 Å². The maximum atomic E-state index is 11.9. The van der Waals surface area contributed by atoms with Gasteiger partial charge >= 0.3 is 0 Å². The number of nitrogens with one attached hydrogen (secondary N) is 2. The lowest BCUT2D eigenvalue weighted by Gasteiger charge is -2.25. The van der Waals surface area contributed by atoms with E-state index in [9.17, 15) is 4.79 Å². The fourth-order valence-corrected chi connectivity index (χ4v) is 2.42. The van der Waals surface area contributed by atoms with E-state index >= 15 is 0 Å². The van der Waals surface area contributed by atoms with Crippen molar-refractivity contribution in [1.29, 1.82) is 0 Å². The number of carbonyl (C=O) groups excluding carboxylic acids is 1. The van der Waals surface area contributed by atoms with Crippen LogP contribution >= 0.6 is 12.2 Å². The Labute approximate surface area is 124 Å². The number of thiocarbonyl (C=S) groups is 1. The van der Waals surface area contributed by atoms with Crippen LogP contribution in [0.25, 0.3) is 0 Å². The number of anilines is 2. The molecular formula is C14H20N4OS. The molecule has 0 unspecified atom stereocenters. The molecule has 0 saturated carbocycles. The topological polar surface area (TPSA) is 70.4 Å². The van der Waals surface area contributed by atoms with E-state index in [1.165, 1.54) is 19.3 Å². The lowest BCUT2D eigenvalue weighted by Crippen LogP contribution is -2.36. The normalized spacial score (nSPS) is 15.6. The molecule has 1 heterocycles. The average Bonchev–Trinajstić information content (AvgIpc) is 2.41. The van der Waals surface area contributed by atoms with Gasteiger partial charge in [0.25, 0.3) is 0 Å². The Balaban J connectivity index is 1.82. The molecule has 1 aromatic carbocycles. The number of nitrogens with zero attached hydrogens (tertiary/aromatic N) is 1. The zero-order valence-corrected chi connectivity index (χ0v) is 12.2. The molecule has 1 aliphatic heterocycles. The van der Waals surface area contributed by atoms with Crippen LogP contribution in [-0.2, 0) is 4.79 Å². The minimum atomic E-state index is 0.0296. The van der Waals surface area contributed by atoms with E-state index in [-0.39, 0.29) is 11.0 Å². The Bertz CT molecular complexity index is 469. The number of likely N-dealkylation sites (tertiary alicyclic amines) is 1. The van der Waals surface area contributed by atoms with Gasteiger partial charge in [0, 0.05) is 11.4 Å². The first kappa shape index (κ1) is 14.7. The number of hydrogen-bond acceptors (Lipinski definition) is 3. The van der Waals surface area contributed by atoms with Crippen LogP contribution in [0.15, 0.2) is 24.3 Å². The molecule has 1 aliphatic rings. The predicted molar refractivity (Wildman–Crippen MR) is 85.8 cm³/mol. The second-order valence-corrected chi connectivity index (χ2v) is 5.39. The van der Waals surface area contributed by atoms with Crippen molar-refractivity contribution in [2.24, 2.45) is 5.73 Å². The minimum absolute atomic E-state index is 0.0296. The van der Waals surface area contributed by atoms with Crippen LogP contribution in [0.5, 0.6) is 0 Å². The van der Waals surface area contributed by atoms with Crippen LogP contribution in [-0.4, -0.2) is 35.6 Å². The molecule has 2 rings (SSSR count). The Morgan fingerprint density at radius 2 is 1.65 bits per heavy atom. The summed E-state index contributed by atoms with van der Waals surface area (Å²) in [6, 6.07) is 7.31. The van der Waals surface area contributed by atoms with E-state index in [0.717, 1.165) is 24.5 Å². The second-order valence-electron chi connectivity index (χ2n) is 4.95. The highest BCUT2D eigenvalue weighted by Crippen LogP contribution is 2.14. The van der Waals surface area contributed by atoms with Crippen LogP contribution in [0, 0.1) is 0 Å². The first-order valence-corrected chi connectivity index (χ1v) is 7.23. The highest BCUT2D eigenvalue weighted by atomic mass is 32.1. The third-order valence-electron chi connectivity index (χ3n) is 3.25. The van der Waals surface area contributed by atoms with Crippen molar-refractivity contribution < 1.29 is 4.79 Å². The molecule has 0 aromatic heterocycles. The van der Waals surface area contributed by atoms with Gasteiger partial charge in [-0.05, 0) is 62.4 Å². The number of amides is 1. The van der Waals surface area contributed by atoms with Crippen molar-refractivity contribution in [2.75, 3.05) is 30.3 Å². The van der Waals surface area contributed by atoms with Crippen molar-refractivity contribution in [1.82, 2.24) is 4.90 Å². The molecule has 0 aliphatic carbocycles. The average molecular weight is 292 g/mol. The number of carbonyl (C=O) groups is 1. The molecule has 1 aromatic rings. The first-order chi connectivity index (χ1) is 9.63. The van der Waals surface area contributed by atoms with Gasteiger partial charge in [-0.1, -0.05) is 6.42 Å². The molecule has 4 N–H and O–H groups in total. The molecule has 1 saturated heterocycles. The van der Waals surface area contributed by atoms with Gasteiger partial charge in [0.2, 0.25) is 5.91 Å². The zero-order valence-electron chi connectivity index (χ0n) is 11.4. The quantitative estimate of drug-likeness (QED) is 0.738. The summed E-state index contributed by atoms with van der Waals surface area (Å²) in [5, 5.41) is 5.97. The van der Waals surface area contributed by atoms with Crippen LogP contribution in [0.1, 0.15) is 19.3 Å². The number of hydrogen-bond donors (Lipinski definition) is 3. The largest absolute Gasteiger partial charge is 0.376 e. The minimum Gasteiger partial charge on any atom is -0.376 e. The summed E-state index contributed by atoms with van der Waals surface area (Å²) in [6.07, 6.45) is 3.65. The van der Waals surface area contributed by atoms with Gasteiger partial charge in [0.15, 0.2) is 5.11 Å². The highest BCUT2D eigenvalue weighted by molar-refractivity contribution is 7.80. The van der Waals surface area contributed by atoms with E-state index in [1.807, 2.05) is 24.3 Å². The van der Waals surface area contributed by atoms with Crippen LogP contribution in [0.2, 0.25) is 0 Å². The summed E-state index contributed by atoms with van der Waals surface area (Å²) in [5.74, 6) is 0.0296. The predicted octanol–water partition coefficient (Wildman–Crippen LogP) is 1.77. The monoisotopic (exact) mass is 292 g/mol. The summed E-state index contributed by atoms with van der Waals surface area (Å²) < 4.78 is 0. The standard InChI is InChI=1S/C14H20N4OS/c15-14(20)17-12-6-4-11(5-7-12)16-13(19)10-18-8-2-1-3-9-18/h4-7H,1-3,8-10H2,(H,16,19)(H3,15,17,20). The van der Waals surface area contributed by atoms with Crippen molar-refractivity contribution >= 4 is 34.6 Å². The molecule has 20 heavy (non-hydrogen) atoms. The maximum absolute atomic E-state index is 11.9. The fourth-order valence-electron chi connectivity index (χ4n) is 2.30. The summed E-state index contributed by atoms with van der Waals surface area (Å²) in [6.45, 7) is 2.50. The molecule has 1 amide bonds. The number of nitrogens with two attached hydrogens (primary N) is 1. The van der Waals surface area contributed by atoms with Crippen LogP contribution in [0.4, 0.5) is 11.4 Å². The van der Waals surface area contributed by atoms with Gasteiger partial charge in [-0.15, -0.1) is 0 Å². The number of piperidine rings is 1. The third-order valence-corrected chi connectivity index (χ3v) is 3.35.